The van der Waals surface area contributed by atoms with Gasteiger partial charge in [0.25, 0.3) is 0 Å². The first-order chi connectivity index (χ1) is 24.4. The van der Waals surface area contributed by atoms with Crippen LogP contribution in [0, 0.1) is 11.8 Å². The van der Waals surface area contributed by atoms with E-state index in [0.29, 0.717) is 19.4 Å². The van der Waals surface area contributed by atoms with Gasteiger partial charge in [0, 0.05) is 24.7 Å². The third-order valence-electron chi connectivity index (χ3n) is 8.69. The normalized spacial score (nSPS) is 28.8. The highest BCUT2D eigenvalue weighted by Crippen LogP contribution is 2.46. The maximum atomic E-state index is 12.8. The standard InChI is InChI=1S/C18H28N2O6.C10H17NO5.C8H13NO2.CH4.ClH/c1-6-11-9-18(11,15(23)25-7-2)19-14(22)13-8-12(21)10-20(13)16(24)26-17(3,4)5;1-10(2,3)16-9(15)11-5-6(12)4-7(11)8(13)14;1-3-6-5-8(6,9)7(10)11-4-2;;/h6,11-13,21H,1,7-10H2,2-5H3,(H,19,22);6-7,12H,4-5H2,1-3H3,(H,13,14);3,6H,1,4-5,9H2,2H3;1H4;1H/t11-,12+,13+,18-;6-,7-;6-,8-;;/m101../s1. The average Bonchev–Trinajstić information content (AvgIpc) is 3.80. The molecule has 2 saturated heterocycles. The van der Waals surface area contributed by atoms with Crippen LogP contribution in [0.4, 0.5) is 9.59 Å². The van der Waals surface area contributed by atoms with Gasteiger partial charge in [-0.1, -0.05) is 19.6 Å². The van der Waals surface area contributed by atoms with Crippen molar-refractivity contribution in [1.29, 1.82) is 0 Å². The highest BCUT2D eigenvalue weighted by atomic mass is 35.5. The number of halogens is 1. The number of nitrogens with zero attached hydrogens (tertiary/aromatic N) is 2. The molecule has 0 aromatic rings. The van der Waals surface area contributed by atoms with Gasteiger partial charge in [0.15, 0.2) is 0 Å². The van der Waals surface area contributed by atoms with E-state index < -0.39 is 76.6 Å². The number of aliphatic carboxylic acids is 1. The van der Waals surface area contributed by atoms with Gasteiger partial charge >= 0.3 is 30.1 Å². The maximum absolute atomic E-state index is 12.8. The molecule has 0 spiro atoms. The summed E-state index contributed by atoms with van der Waals surface area (Å²) in [7, 11) is 0. The molecule has 18 heteroatoms. The molecule has 4 fully saturated rings. The Morgan fingerprint density at radius 2 is 1.20 bits per heavy atom. The number of ether oxygens (including phenoxy) is 4. The molecule has 0 radical (unpaired) electrons. The van der Waals surface area contributed by atoms with Gasteiger partial charge in [-0.25, -0.2) is 19.2 Å². The van der Waals surface area contributed by atoms with Crippen LogP contribution in [0.15, 0.2) is 25.3 Å². The van der Waals surface area contributed by atoms with E-state index in [1.807, 2.05) is 0 Å². The zero-order valence-electron chi connectivity index (χ0n) is 32.5. The number of nitrogens with one attached hydrogen (secondary N) is 1. The van der Waals surface area contributed by atoms with Crippen LogP contribution in [-0.2, 0) is 38.1 Å². The number of carbonyl (C=O) groups excluding carboxylic acids is 5. The zero-order valence-corrected chi connectivity index (χ0v) is 33.3. The number of carbonyl (C=O) groups is 6. The summed E-state index contributed by atoms with van der Waals surface area (Å²) in [6, 6.07) is -1.90. The molecule has 2 aliphatic heterocycles. The number of hydrogen-bond donors (Lipinski definition) is 5. The Morgan fingerprint density at radius 1 is 0.782 bits per heavy atom. The topological polar surface area (TPSA) is 245 Å². The van der Waals surface area contributed by atoms with Gasteiger partial charge in [-0.2, -0.15) is 0 Å². The molecule has 0 unspecified atom stereocenters. The van der Waals surface area contributed by atoms with E-state index in [4.69, 9.17) is 29.8 Å². The van der Waals surface area contributed by atoms with Crippen molar-refractivity contribution in [2.45, 2.75) is 135 Å². The Bertz CT molecular complexity index is 1400. The van der Waals surface area contributed by atoms with E-state index in [2.05, 4.69) is 18.5 Å². The monoisotopic (exact) mass is 806 g/mol. The second-order valence-electron chi connectivity index (χ2n) is 15.4. The first kappa shape index (κ1) is 51.1. The number of esters is 2. The summed E-state index contributed by atoms with van der Waals surface area (Å²) in [6.45, 7) is 21.6. The van der Waals surface area contributed by atoms with Crippen molar-refractivity contribution in [1.82, 2.24) is 15.1 Å². The minimum absolute atomic E-state index is 0. The van der Waals surface area contributed by atoms with Gasteiger partial charge in [0.05, 0.1) is 38.5 Å². The molecule has 0 aromatic heterocycles. The van der Waals surface area contributed by atoms with Crippen molar-refractivity contribution in [3.05, 3.63) is 25.3 Å². The number of amides is 3. The van der Waals surface area contributed by atoms with Gasteiger partial charge in [0.2, 0.25) is 5.91 Å². The summed E-state index contributed by atoms with van der Waals surface area (Å²) in [5.74, 6) is -2.55. The lowest BCUT2D eigenvalue weighted by Gasteiger charge is -2.29. The molecule has 3 amide bonds. The fourth-order valence-corrected chi connectivity index (χ4v) is 5.82. The fraction of sp³-hybridized carbons (Fsp3) is 0.730. The molecule has 8 atom stereocenters. The second-order valence-corrected chi connectivity index (χ2v) is 15.4. The Labute approximate surface area is 330 Å². The van der Waals surface area contributed by atoms with Crippen molar-refractivity contribution in [3.63, 3.8) is 0 Å². The molecule has 4 aliphatic rings. The van der Waals surface area contributed by atoms with Crippen molar-refractivity contribution >= 4 is 48.4 Å². The first-order valence-corrected chi connectivity index (χ1v) is 17.7. The smallest absolute Gasteiger partial charge is 0.411 e. The highest BCUT2D eigenvalue weighted by molar-refractivity contribution is 5.95. The minimum atomic E-state index is -1.14. The molecule has 0 bridgehead atoms. The third-order valence-corrected chi connectivity index (χ3v) is 8.69. The van der Waals surface area contributed by atoms with Crippen LogP contribution >= 0.6 is 12.4 Å². The minimum Gasteiger partial charge on any atom is -0.480 e. The molecule has 2 saturated carbocycles. The average molecular weight is 807 g/mol. The number of carboxylic acid groups (broad SMARTS) is 1. The summed E-state index contributed by atoms with van der Waals surface area (Å²) >= 11 is 0. The summed E-state index contributed by atoms with van der Waals surface area (Å²) in [4.78, 5) is 73.3. The van der Waals surface area contributed by atoms with Crippen molar-refractivity contribution in [2.24, 2.45) is 17.6 Å². The SMILES string of the molecule is C.C=C[C@@H]1C[C@]1(N)C(=O)OCC.C=C[C@@H]1C[C@]1(NC(=O)[C@@H]1C[C@H](O)CN1C(=O)OC(C)(C)C)C(=O)OCC.CC(C)(C)OC(=O)N1C[C@@H](O)C[C@H]1C(=O)O.Cl. The number of likely N-dealkylation sites (tertiary alicyclic amines) is 2. The predicted octanol–water partition coefficient (Wildman–Crippen LogP) is 2.93. The number of aliphatic hydroxyl groups excluding tert-OH is 2. The third kappa shape index (κ3) is 14.0. The van der Waals surface area contributed by atoms with Crippen LogP contribution in [0.2, 0.25) is 0 Å². The van der Waals surface area contributed by atoms with Gasteiger partial charge < -0.3 is 45.3 Å². The van der Waals surface area contributed by atoms with Crippen molar-refractivity contribution in [2.75, 3.05) is 26.3 Å². The largest absolute Gasteiger partial charge is 0.480 e. The van der Waals surface area contributed by atoms with Crippen molar-refractivity contribution < 1.29 is 63.0 Å². The van der Waals surface area contributed by atoms with Crippen LogP contribution < -0.4 is 11.1 Å². The van der Waals surface area contributed by atoms with E-state index in [0.717, 1.165) is 4.90 Å². The van der Waals surface area contributed by atoms with E-state index in [9.17, 15) is 39.0 Å². The Balaban J connectivity index is 0.000000859. The molecule has 316 valence electrons. The summed E-state index contributed by atoms with van der Waals surface area (Å²) < 4.78 is 20.2. The van der Waals surface area contributed by atoms with E-state index in [1.165, 1.54) is 4.90 Å². The lowest BCUT2D eigenvalue weighted by Crippen LogP contribution is -2.53. The highest BCUT2D eigenvalue weighted by Gasteiger charge is 2.62. The van der Waals surface area contributed by atoms with Crippen LogP contribution in [0.1, 0.15) is 88.5 Å². The number of carboxylic acids is 1. The number of aliphatic hydroxyl groups is 2. The molecule has 2 heterocycles. The van der Waals surface area contributed by atoms with Crippen LogP contribution in [-0.4, -0.2) is 134 Å². The van der Waals surface area contributed by atoms with E-state index >= 15 is 0 Å². The zero-order chi connectivity index (χ0) is 40.7. The lowest BCUT2D eigenvalue weighted by atomic mass is 10.1. The van der Waals surface area contributed by atoms with Gasteiger partial charge in [-0.05, 0) is 68.2 Å². The molecule has 6 N–H and O–H groups in total. The summed E-state index contributed by atoms with van der Waals surface area (Å²) in [6.07, 6.45) is 1.53. The van der Waals surface area contributed by atoms with Crippen LogP contribution in [0.25, 0.3) is 0 Å². The van der Waals surface area contributed by atoms with Gasteiger partial charge in [-0.15, -0.1) is 25.6 Å². The second kappa shape index (κ2) is 20.3. The Morgan fingerprint density at radius 3 is 1.56 bits per heavy atom. The number of hydrogen-bond acceptors (Lipinski definition) is 13. The van der Waals surface area contributed by atoms with Crippen molar-refractivity contribution in [3.8, 4) is 0 Å². The predicted molar refractivity (Wildman–Crippen MR) is 204 cm³/mol. The number of nitrogens with two attached hydrogens (primary N) is 1. The van der Waals surface area contributed by atoms with Gasteiger partial charge in [-0.3, -0.25) is 19.4 Å². The molecular weight excluding hydrogens is 744 g/mol. The molecule has 4 rings (SSSR count). The van der Waals surface area contributed by atoms with Crippen LogP contribution in [0.5, 0.6) is 0 Å². The molecular formula is C37H63ClN4O13. The van der Waals surface area contributed by atoms with E-state index in [-0.39, 0.29) is 70.2 Å². The molecule has 2 aliphatic carbocycles. The Hall–Kier alpha value is -3.93. The molecule has 55 heavy (non-hydrogen) atoms. The first-order valence-electron chi connectivity index (χ1n) is 17.7. The Kier molecular flexibility index (Phi) is 18.8. The fourth-order valence-electron chi connectivity index (χ4n) is 5.82. The molecule has 17 nitrogen and oxygen atoms in total. The summed E-state index contributed by atoms with van der Waals surface area (Å²) in [5, 5.41) is 30.9. The maximum Gasteiger partial charge on any atom is 0.411 e. The van der Waals surface area contributed by atoms with Crippen LogP contribution in [0.3, 0.4) is 0 Å². The van der Waals surface area contributed by atoms with Gasteiger partial charge in [0.1, 0.15) is 34.4 Å². The lowest BCUT2D eigenvalue weighted by molar-refractivity contribution is -0.149. The summed E-state index contributed by atoms with van der Waals surface area (Å²) in [5.41, 5.74) is 2.40. The van der Waals surface area contributed by atoms with E-state index in [1.54, 1.807) is 67.5 Å². The number of rotatable bonds is 9. The quantitative estimate of drug-likeness (QED) is 0.128. The molecule has 0 aromatic carbocycles. The number of β-amino-alcohol motifs (C(OH)–C–C–N with tert-alkyl or cyclic N) is 2.